The standard InChI is InChI=1S/C14H20FNO3/c1-10(2)9-19-14(18)16-13(8-17)7-11-4-3-5-12(15)6-11/h3-6,10,13,17H,7-9H2,1-2H3,(H,16,18)/t13-/m0/s1. The van der Waals surface area contributed by atoms with Crippen LogP contribution in [-0.2, 0) is 11.2 Å². The van der Waals surface area contributed by atoms with E-state index in [1.54, 1.807) is 12.1 Å². The van der Waals surface area contributed by atoms with Gasteiger partial charge >= 0.3 is 6.09 Å². The average molecular weight is 269 g/mol. The highest BCUT2D eigenvalue weighted by atomic mass is 19.1. The lowest BCUT2D eigenvalue weighted by molar-refractivity contribution is 0.123. The number of aliphatic hydroxyl groups excluding tert-OH is 1. The maximum absolute atomic E-state index is 13.0. The lowest BCUT2D eigenvalue weighted by Crippen LogP contribution is -2.39. The van der Waals surface area contributed by atoms with Gasteiger partial charge in [-0.25, -0.2) is 9.18 Å². The summed E-state index contributed by atoms with van der Waals surface area (Å²) < 4.78 is 18.0. The molecule has 0 aliphatic carbocycles. The smallest absolute Gasteiger partial charge is 0.407 e. The monoisotopic (exact) mass is 269 g/mol. The molecular formula is C14H20FNO3. The maximum atomic E-state index is 13.0. The van der Waals surface area contributed by atoms with Crippen molar-refractivity contribution < 1.29 is 19.0 Å². The minimum absolute atomic E-state index is 0.229. The molecule has 4 nitrogen and oxygen atoms in total. The molecule has 0 bridgehead atoms. The number of hydrogen-bond acceptors (Lipinski definition) is 3. The van der Waals surface area contributed by atoms with E-state index in [0.717, 1.165) is 0 Å². The highest BCUT2D eigenvalue weighted by molar-refractivity contribution is 5.67. The molecule has 1 aromatic carbocycles. The van der Waals surface area contributed by atoms with Crippen molar-refractivity contribution in [3.8, 4) is 0 Å². The Hall–Kier alpha value is -1.62. The van der Waals surface area contributed by atoms with Crippen molar-refractivity contribution in [2.24, 2.45) is 5.92 Å². The van der Waals surface area contributed by atoms with Gasteiger partial charge in [0.05, 0.1) is 19.3 Å². The second-order valence-electron chi connectivity index (χ2n) is 4.85. The molecule has 106 valence electrons. The van der Waals surface area contributed by atoms with Crippen LogP contribution in [0.15, 0.2) is 24.3 Å². The number of carbonyl (C=O) groups excluding carboxylic acids is 1. The molecular weight excluding hydrogens is 249 g/mol. The van der Waals surface area contributed by atoms with E-state index in [2.05, 4.69) is 5.32 Å². The average Bonchev–Trinajstić information content (AvgIpc) is 2.35. The number of amides is 1. The Morgan fingerprint density at radius 1 is 1.47 bits per heavy atom. The molecule has 2 N–H and O–H groups in total. The predicted molar refractivity (Wildman–Crippen MR) is 70.3 cm³/mol. The Bertz CT molecular complexity index is 409. The number of aliphatic hydroxyl groups is 1. The van der Waals surface area contributed by atoms with Gasteiger partial charge in [-0.3, -0.25) is 0 Å². The molecule has 0 aromatic heterocycles. The van der Waals surface area contributed by atoms with Crippen LogP contribution >= 0.6 is 0 Å². The number of hydrogen-bond donors (Lipinski definition) is 2. The van der Waals surface area contributed by atoms with Crippen molar-refractivity contribution in [2.75, 3.05) is 13.2 Å². The molecule has 1 rings (SSSR count). The molecule has 0 unspecified atom stereocenters. The van der Waals surface area contributed by atoms with Gasteiger partial charge in [0.25, 0.3) is 0 Å². The summed E-state index contributed by atoms with van der Waals surface area (Å²) in [4.78, 5) is 11.5. The van der Waals surface area contributed by atoms with Crippen molar-refractivity contribution in [3.05, 3.63) is 35.6 Å². The number of halogens is 1. The van der Waals surface area contributed by atoms with Crippen LogP contribution in [0, 0.1) is 11.7 Å². The van der Waals surface area contributed by atoms with E-state index < -0.39 is 12.1 Å². The van der Waals surface area contributed by atoms with Gasteiger partial charge in [-0.05, 0) is 30.0 Å². The number of nitrogens with one attached hydrogen (secondary N) is 1. The summed E-state index contributed by atoms with van der Waals surface area (Å²) in [5, 5.41) is 11.8. The van der Waals surface area contributed by atoms with Gasteiger partial charge in [0.2, 0.25) is 0 Å². The fourth-order valence-electron chi connectivity index (χ4n) is 1.56. The summed E-state index contributed by atoms with van der Waals surface area (Å²) in [5.41, 5.74) is 0.711. The summed E-state index contributed by atoms with van der Waals surface area (Å²) in [6.07, 6.45) is -0.213. The van der Waals surface area contributed by atoms with Gasteiger partial charge in [0, 0.05) is 0 Å². The molecule has 1 atom stereocenters. The van der Waals surface area contributed by atoms with Crippen LogP contribution in [0.4, 0.5) is 9.18 Å². The molecule has 19 heavy (non-hydrogen) atoms. The van der Waals surface area contributed by atoms with E-state index in [9.17, 15) is 14.3 Å². The normalized spacial score (nSPS) is 12.3. The molecule has 0 saturated carbocycles. The van der Waals surface area contributed by atoms with Crippen molar-refractivity contribution in [3.63, 3.8) is 0 Å². The van der Waals surface area contributed by atoms with Gasteiger partial charge < -0.3 is 15.2 Å². The fourth-order valence-corrected chi connectivity index (χ4v) is 1.56. The molecule has 0 fully saturated rings. The van der Waals surface area contributed by atoms with Crippen molar-refractivity contribution >= 4 is 6.09 Å². The molecule has 5 heteroatoms. The van der Waals surface area contributed by atoms with Crippen molar-refractivity contribution in [1.82, 2.24) is 5.32 Å². The maximum Gasteiger partial charge on any atom is 0.407 e. The Labute approximate surface area is 112 Å². The van der Waals surface area contributed by atoms with Gasteiger partial charge in [-0.1, -0.05) is 26.0 Å². The molecule has 0 heterocycles. The molecule has 0 aliphatic rings. The summed E-state index contributed by atoms with van der Waals surface area (Å²) in [6, 6.07) is 5.58. The molecule has 1 aromatic rings. The molecule has 0 spiro atoms. The first kappa shape index (κ1) is 15.4. The Morgan fingerprint density at radius 2 is 2.21 bits per heavy atom. The predicted octanol–water partition coefficient (Wildman–Crippen LogP) is 2.11. The minimum Gasteiger partial charge on any atom is -0.449 e. The summed E-state index contributed by atoms with van der Waals surface area (Å²) in [7, 11) is 0. The largest absolute Gasteiger partial charge is 0.449 e. The van der Waals surface area contributed by atoms with E-state index in [1.807, 2.05) is 13.8 Å². The summed E-state index contributed by atoms with van der Waals surface area (Å²) >= 11 is 0. The number of benzene rings is 1. The number of rotatable bonds is 6. The fraction of sp³-hybridized carbons (Fsp3) is 0.500. The zero-order valence-corrected chi connectivity index (χ0v) is 11.2. The Balaban J connectivity index is 2.47. The zero-order chi connectivity index (χ0) is 14.3. The first-order chi connectivity index (χ1) is 9.01. The van der Waals surface area contributed by atoms with Gasteiger partial charge in [-0.15, -0.1) is 0 Å². The lowest BCUT2D eigenvalue weighted by atomic mass is 10.1. The second kappa shape index (κ2) is 7.74. The molecule has 1 amide bonds. The van der Waals surface area contributed by atoms with E-state index in [1.165, 1.54) is 12.1 Å². The second-order valence-corrected chi connectivity index (χ2v) is 4.85. The van der Waals surface area contributed by atoms with Crippen LogP contribution in [0.3, 0.4) is 0 Å². The first-order valence-electron chi connectivity index (χ1n) is 6.30. The highest BCUT2D eigenvalue weighted by Crippen LogP contribution is 2.06. The van der Waals surface area contributed by atoms with Gasteiger partial charge in [-0.2, -0.15) is 0 Å². The molecule has 0 saturated heterocycles. The number of ether oxygens (including phenoxy) is 1. The van der Waals surface area contributed by atoms with Gasteiger partial charge in [0.15, 0.2) is 0 Å². The zero-order valence-electron chi connectivity index (χ0n) is 11.2. The van der Waals surface area contributed by atoms with Crippen molar-refractivity contribution in [1.29, 1.82) is 0 Å². The van der Waals surface area contributed by atoms with Crippen LogP contribution in [0.1, 0.15) is 19.4 Å². The van der Waals surface area contributed by atoms with Crippen LogP contribution in [0.25, 0.3) is 0 Å². The SMILES string of the molecule is CC(C)COC(=O)N[C@H](CO)Cc1cccc(F)c1. The van der Waals surface area contributed by atoms with Crippen LogP contribution in [0.2, 0.25) is 0 Å². The van der Waals surface area contributed by atoms with Gasteiger partial charge in [0.1, 0.15) is 5.82 Å². The van der Waals surface area contributed by atoms with Crippen LogP contribution in [0.5, 0.6) is 0 Å². The third-order valence-corrected chi connectivity index (χ3v) is 2.46. The van der Waals surface area contributed by atoms with E-state index in [4.69, 9.17) is 4.74 Å². The van der Waals surface area contributed by atoms with E-state index in [-0.39, 0.29) is 18.3 Å². The Morgan fingerprint density at radius 3 is 2.79 bits per heavy atom. The van der Waals surface area contributed by atoms with E-state index >= 15 is 0 Å². The summed E-state index contributed by atoms with van der Waals surface area (Å²) in [6.45, 7) is 3.96. The molecule has 0 aliphatic heterocycles. The topological polar surface area (TPSA) is 58.6 Å². The van der Waals surface area contributed by atoms with Crippen LogP contribution < -0.4 is 5.32 Å². The third-order valence-electron chi connectivity index (χ3n) is 2.46. The number of carbonyl (C=O) groups is 1. The summed E-state index contributed by atoms with van der Waals surface area (Å²) in [5.74, 6) is -0.0851. The van der Waals surface area contributed by atoms with Crippen molar-refractivity contribution in [2.45, 2.75) is 26.3 Å². The quantitative estimate of drug-likeness (QED) is 0.831. The first-order valence-corrected chi connectivity index (χ1v) is 6.30. The lowest BCUT2D eigenvalue weighted by Gasteiger charge is -2.17. The highest BCUT2D eigenvalue weighted by Gasteiger charge is 2.13. The Kier molecular flexibility index (Phi) is 6.29. The van der Waals surface area contributed by atoms with Crippen LogP contribution in [-0.4, -0.2) is 30.5 Å². The third kappa shape index (κ3) is 6.20. The number of alkyl carbamates (subject to hydrolysis) is 1. The minimum atomic E-state index is -0.566. The van der Waals surface area contributed by atoms with E-state index in [0.29, 0.717) is 18.6 Å². The molecule has 0 radical (unpaired) electrons.